The first-order valence-electron chi connectivity index (χ1n) is 45.7. The van der Waals surface area contributed by atoms with Crippen LogP contribution in [-0.2, 0) is 62.0 Å². The van der Waals surface area contributed by atoms with Gasteiger partial charge >= 0.3 is 6.03 Å². The second kappa shape index (κ2) is 41.1. The number of nitrogens with one attached hydrogen (secondary N) is 7. The Hall–Kier alpha value is -9.54. The zero-order chi connectivity index (χ0) is 94.1. The normalized spacial score (nSPS) is 33.2. The van der Waals surface area contributed by atoms with E-state index >= 15 is 28.8 Å². The Morgan fingerprint density at radius 3 is 1.92 bits per heavy atom. The Kier molecular flexibility index (Phi) is 30.6. The molecule has 22 atom stereocenters. The highest BCUT2D eigenvalue weighted by atomic mass is 35.5. The summed E-state index contributed by atoms with van der Waals surface area (Å²) in [5.74, 6) is -15.0. The van der Waals surface area contributed by atoms with Crippen LogP contribution in [0.5, 0.6) is 46.0 Å². The molecule has 0 aromatic heterocycles. The summed E-state index contributed by atoms with van der Waals surface area (Å²) in [6, 6.07) is 7.52. The summed E-state index contributed by atoms with van der Waals surface area (Å²) in [6.45, 7) is 11.1. The number of phenols is 3. The van der Waals surface area contributed by atoms with Gasteiger partial charge < -0.3 is 127 Å². The zero-order valence-electron chi connectivity index (χ0n) is 74.7. The molecule has 4 saturated carbocycles. The molecule has 4 aliphatic carbocycles. The van der Waals surface area contributed by atoms with E-state index in [1.807, 2.05) is 13.8 Å². The van der Waals surface area contributed by atoms with E-state index in [1.165, 1.54) is 80.7 Å². The molecule has 20 N–H and O–H groups in total. The number of benzene rings is 5. The number of phenolic OH excluding ortho intramolecular Hbond substituents is 3. The van der Waals surface area contributed by atoms with E-state index in [4.69, 9.17) is 61.0 Å². The molecular formula is C95H124ClN9O26. The predicted octanol–water partition coefficient (Wildman–Crippen LogP) is 7.31. The maximum atomic E-state index is 17.1. The second-order valence-electron chi connectivity index (χ2n) is 38.3. The zero-order valence-corrected chi connectivity index (χ0v) is 75.5. The number of fused-ring (bicyclic) bond motifs is 15. The highest BCUT2D eigenvalue weighted by Gasteiger charge is 2.54. The van der Waals surface area contributed by atoms with Gasteiger partial charge in [-0.1, -0.05) is 88.7 Å². The Bertz CT molecular complexity index is 5010. The van der Waals surface area contributed by atoms with Gasteiger partial charge in [-0.2, -0.15) is 0 Å². The van der Waals surface area contributed by atoms with Gasteiger partial charge in [0.1, 0.15) is 83.4 Å². The number of urea groups is 1. The average molecular weight is 1840 g/mol. The van der Waals surface area contributed by atoms with Crippen LogP contribution in [0.15, 0.2) is 84.9 Å². The molecule has 12 aliphatic rings. The van der Waals surface area contributed by atoms with Crippen LogP contribution in [0.25, 0.3) is 11.1 Å². The van der Waals surface area contributed by atoms with Crippen molar-refractivity contribution in [3.8, 4) is 57.1 Å². The van der Waals surface area contributed by atoms with Gasteiger partial charge in [-0.3, -0.25) is 43.7 Å². The summed E-state index contributed by atoms with van der Waals surface area (Å²) < 4.78 is 53.1. The quantitative estimate of drug-likeness (QED) is 0.0269. The molecule has 0 spiro atoms. The van der Waals surface area contributed by atoms with Crippen molar-refractivity contribution in [2.75, 3.05) is 20.2 Å². The number of ketones is 3. The Morgan fingerprint density at radius 1 is 0.656 bits per heavy atom. The SMILES string of the molecule is CCCCCCCCNC(=O)NC(=O)C[C@@H]1CC(=O)[C@H](NC(=O)[C@@H](CC(C)C)NC)[C@H](O)c2ccc(c(Cl)c2)Oc2cc3cc(c2OC2OC(CO)C(O)C(O)C2OC2CC(C)(N)C(O)C(C)O2)Oc2ccc(cc2)[C@@H](OC2CC(C)(N)C(O)C(C)O2)[C@H]2NC(=O)[C@H](CC(=O)[C@@H]3NC1=O)c1ccc(O)c(c1)-c1c(O)cc(O)cc1[C@@H](C(=O)CC1C3CC4CC(C3)CC1C4)NC2=O. The minimum atomic E-state index is -2.23. The molecular weight excluding hydrogens is 1720 g/mol. The summed E-state index contributed by atoms with van der Waals surface area (Å²) in [5.41, 5.74) is 9.33. The molecule has 3 saturated heterocycles. The summed E-state index contributed by atoms with van der Waals surface area (Å²) in [6.07, 6.45) is -14.4. The average Bonchev–Trinajstić information content (AvgIpc) is 0.755. The van der Waals surface area contributed by atoms with Crippen LogP contribution in [0, 0.1) is 41.4 Å². The fourth-order valence-corrected chi connectivity index (χ4v) is 21.1. The molecule has 15 bridgehead atoms. The molecule has 36 heteroatoms. The van der Waals surface area contributed by atoms with Gasteiger partial charge in [-0.15, -0.1) is 0 Å². The number of nitrogens with two attached hydrogens (primary N) is 2. The molecule has 131 heavy (non-hydrogen) atoms. The number of aromatic hydroxyl groups is 3. The topological polar surface area (TPSA) is 546 Å². The van der Waals surface area contributed by atoms with Crippen molar-refractivity contribution >= 4 is 64.5 Å². The number of ether oxygens (including phenoxy) is 8. The lowest BCUT2D eigenvalue weighted by Crippen LogP contribution is -2.64. The summed E-state index contributed by atoms with van der Waals surface area (Å²) in [4.78, 5) is 141. The molecule has 7 fully saturated rings. The second-order valence-corrected chi connectivity index (χ2v) is 38.7. The van der Waals surface area contributed by atoms with E-state index in [2.05, 4.69) is 44.1 Å². The van der Waals surface area contributed by atoms with Crippen molar-refractivity contribution in [3.63, 3.8) is 0 Å². The maximum absolute atomic E-state index is 17.1. The van der Waals surface area contributed by atoms with Gasteiger partial charge in [-0.25, -0.2) is 4.79 Å². The largest absolute Gasteiger partial charge is 0.508 e. The van der Waals surface area contributed by atoms with Crippen molar-refractivity contribution < 1.29 is 127 Å². The van der Waals surface area contributed by atoms with E-state index in [9.17, 15) is 60.3 Å². The summed E-state index contributed by atoms with van der Waals surface area (Å²) in [5, 5.41) is 125. The molecule has 8 aliphatic heterocycles. The fraction of sp³-hybridized carbons (Fsp3) is 0.589. The van der Waals surface area contributed by atoms with Crippen LogP contribution < -0.4 is 62.9 Å². The Balaban J connectivity index is 0.982. The van der Waals surface area contributed by atoms with E-state index < -0.39 is 246 Å². The number of imide groups is 1. The van der Waals surface area contributed by atoms with E-state index in [1.54, 1.807) is 20.8 Å². The maximum Gasteiger partial charge on any atom is 0.321 e. The number of aliphatic hydroxyl groups is 6. The first-order chi connectivity index (χ1) is 62.3. The Labute approximate surface area is 764 Å². The number of likely N-dealkylation sites (N-methyl/N-ethyl adjacent to an activating group) is 1. The number of amides is 7. The number of hydrogen-bond acceptors (Lipinski definition) is 29. The number of rotatable bonds is 24. The minimum Gasteiger partial charge on any atom is -0.508 e. The monoisotopic (exact) mass is 1840 g/mol. The van der Waals surface area contributed by atoms with E-state index in [-0.39, 0.29) is 111 Å². The molecule has 5 aromatic carbocycles. The van der Waals surface area contributed by atoms with Crippen molar-refractivity contribution in [1.82, 2.24) is 37.2 Å². The van der Waals surface area contributed by atoms with Gasteiger partial charge in [0.25, 0.3) is 0 Å². The van der Waals surface area contributed by atoms with Crippen molar-refractivity contribution in [3.05, 3.63) is 118 Å². The van der Waals surface area contributed by atoms with Crippen LogP contribution >= 0.6 is 11.6 Å². The van der Waals surface area contributed by atoms with Crippen LogP contribution in [-0.4, -0.2) is 216 Å². The number of Topliss-reactive ketones (excluding diaryl/α,β-unsaturated/α-hetero) is 3. The summed E-state index contributed by atoms with van der Waals surface area (Å²) >= 11 is 7.31. The lowest BCUT2D eigenvalue weighted by Gasteiger charge is -2.54. The lowest BCUT2D eigenvalue weighted by molar-refractivity contribution is -0.333. The van der Waals surface area contributed by atoms with Crippen molar-refractivity contribution in [2.45, 2.75) is 291 Å². The first kappa shape index (κ1) is 97.5. The number of carbonyl (C=O) groups is 9. The summed E-state index contributed by atoms with van der Waals surface area (Å²) in [7, 11) is 1.51. The van der Waals surface area contributed by atoms with Crippen molar-refractivity contribution in [1.29, 1.82) is 0 Å². The lowest BCUT2D eigenvalue weighted by atomic mass is 9.51. The number of unbranched alkanes of at least 4 members (excludes halogenated alkanes) is 5. The van der Waals surface area contributed by atoms with Crippen LogP contribution in [0.2, 0.25) is 5.02 Å². The van der Waals surface area contributed by atoms with E-state index in [0.29, 0.717) is 18.3 Å². The van der Waals surface area contributed by atoms with Crippen LogP contribution in [0.3, 0.4) is 0 Å². The van der Waals surface area contributed by atoms with Crippen molar-refractivity contribution in [2.24, 2.45) is 52.9 Å². The van der Waals surface area contributed by atoms with Crippen LogP contribution in [0.4, 0.5) is 4.79 Å². The molecule has 5 aromatic rings. The molecule has 712 valence electrons. The molecule has 0 radical (unpaired) electrons. The number of hydrogen-bond donors (Lipinski definition) is 18. The molecule has 35 nitrogen and oxygen atoms in total. The Morgan fingerprint density at radius 2 is 1.29 bits per heavy atom. The van der Waals surface area contributed by atoms with E-state index in [0.717, 1.165) is 82.4 Å². The molecule has 13 unspecified atom stereocenters. The number of halogens is 1. The number of carbonyl (C=O) groups excluding carboxylic acids is 9. The highest BCUT2D eigenvalue weighted by Crippen LogP contribution is 2.59. The number of aliphatic hydroxyl groups excluding tert-OH is 6. The van der Waals surface area contributed by atoms with Crippen LogP contribution in [0.1, 0.15) is 222 Å². The highest BCUT2D eigenvalue weighted by molar-refractivity contribution is 6.32. The standard InChI is InChI=1S/C95H124ClN9O26/c1-9-10-11-12-13-14-23-100-93(123)101-72(113)35-54-32-65(110)78(104-90(121)62(99-8)24-43(2)3)80(114)50-18-22-68(61(96)31-50)127-70-34-53-33-69(84(70)131-92-85(82(116)81(115)71(42-106)128-92)130-74-41-95(7,98)87(118)45(5)125-74)126-56-19-15-48(16-20-56)83(129-73-40-94(6,97)86(117)44(4)124-73)79-91(122)103-77(67(112)38-57-51-26-46-25-47(28-51)29-52(57)27-46)60-36-55(107)37-64(109)75(60)59-30-49(17-21-63(59)108)58(89(120)105-79)39-66(111)76(53)102-88(54)119/h15-22,30-31,33-34,36-37,43-47,51-52,54,57-58,62,71,73-74,76-83,85-87,92,99,106-109,114-118H,9-14,23-29,32,35,38-42,97-98H2,1-8H3,(H,102,119)(H,103,122)(H,104,121)(H,105,120)(H2,100,101,113,123)/t44?,45?,46?,47?,51?,52?,54-,57?,58+,62+,71?,73?,74?,76+,77-,78-,79+,80+,81?,82?,83+,85?,86?,87?,92?,94?,95?/m0/s1. The van der Waals surface area contributed by atoms with Gasteiger partial charge in [-0.05, 0) is 198 Å². The third-order valence-corrected chi connectivity index (χ3v) is 27.9. The predicted molar refractivity (Wildman–Crippen MR) is 472 cm³/mol. The molecule has 7 amide bonds. The fourth-order valence-electron chi connectivity index (χ4n) is 20.8. The first-order valence-corrected chi connectivity index (χ1v) is 46.0. The van der Waals surface area contributed by atoms with Gasteiger partial charge in [0, 0.05) is 73.3 Å². The van der Waals surface area contributed by atoms with Gasteiger partial charge in [0.2, 0.25) is 41.6 Å². The minimum absolute atomic E-state index is 0.0641. The third kappa shape index (κ3) is 22.0. The molecule has 8 heterocycles. The third-order valence-electron chi connectivity index (χ3n) is 27.7. The van der Waals surface area contributed by atoms with Gasteiger partial charge in [0.05, 0.1) is 53.9 Å². The molecule has 17 rings (SSSR count). The smallest absolute Gasteiger partial charge is 0.321 e. The van der Waals surface area contributed by atoms with Gasteiger partial charge in [0.15, 0.2) is 47.5 Å².